The van der Waals surface area contributed by atoms with Crippen LogP contribution < -0.4 is 0 Å². The second-order valence-corrected chi connectivity index (χ2v) is 4.45. The van der Waals surface area contributed by atoms with Crippen LogP contribution in [0.5, 0.6) is 0 Å². The van der Waals surface area contributed by atoms with Gasteiger partial charge in [-0.15, -0.1) is 5.06 Å². The van der Waals surface area contributed by atoms with Crippen LogP contribution >= 0.6 is 0 Å². The van der Waals surface area contributed by atoms with E-state index in [0.29, 0.717) is 11.6 Å². The summed E-state index contributed by atoms with van der Waals surface area (Å²) in [6.07, 6.45) is 0.256. The van der Waals surface area contributed by atoms with Crippen molar-refractivity contribution >= 4 is 17.8 Å². The molecule has 102 valence electrons. The van der Waals surface area contributed by atoms with Gasteiger partial charge < -0.3 is 4.84 Å². The Balaban J connectivity index is 1.87. The molecule has 0 N–H and O–H groups in total. The van der Waals surface area contributed by atoms with Crippen LogP contribution in [0, 0.1) is 13.8 Å². The van der Waals surface area contributed by atoms with Crippen molar-refractivity contribution in [3.8, 4) is 0 Å². The Bertz CT molecular complexity index is 519. The zero-order valence-corrected chi connectivity index (χ0v) is 10.9. The molecule has 0 unspecified atom stereocenters. The van der Waals surface area contributed by atoms with Crippen molar-refractivity contribution < 1.29 is 19.2 Å². The SMILES string of the molecule is Cc1cc(C)n(CCC(=O)ON2C(=O)CCC2=O)n1. The van der Waals surface area contributed by atoms with Gasteiger partial charge in [-0.1, -0.05) is 0 Å². The highest BCUT2D eigenvalue weighted by Crippen LogP contribution is 2.13. The van der Waals surface area contributed by atoms with Gasteiger partial charge in [0.05, 0.1) is 18.7 Å². The summed E-state index contributed by atoms with van der Waals surface area (Å²) in [5.74, 6) is -1.55. The van der Waals surface area contributed by atoms with E-state index in [1.807, 2.05) is 19.9 Å². The molecule has 2 rings (SSSR count). The molecule has 7 heteroatoms. The molecule has 0 spiro atoms. The number of rotatable bonds is 4. The first-order chi connectivity index (χ1) is 8.97. The average molecular weight is 265 g/mol. The van der Waals surface area contributed by atoms with Crippen LogP contribution in [-0.4, -0.2) is 32.6 Å². The fourth-order valence-corrected chi connectivity index (χ4v) is 1.90. The van der Waals surface area contributed by atoms with E-state index in [9.17, 15) is 14.4 Å². The maximum atomic E-state index is 11.6. The minimum absolute atomic E-state index is 0.0546. The molecule has 0 aromatic carbocycles. The molecule has 0 bridgehead atoms. The summed E-state index contributed by atoms with van der Waals surface area (Å²) < 4.78 is 1.68. The van der Waals surface area contributed by atoms with E-state index in [0.717, 1.165) is 11.4 Å². The van der Waals surface area contributed by atoms with E-state index in [4.69, 9.17) is 4.84 Å². The van der Waals surface area contributed by atoms with Crippen molar-refractivity contribution in [2.75, 3.05) is 0 Å². The van der Waals surface area contributed by atoms with Gasteiger partial charge in [0.25, 0.3) is 11.8 Å². The molecule has 2 heterocycles. The van der Waals surface area contributed by atoms with Crippen LogP contribution in [0.3, 0.4) is 0 Å². The lowest BCUT2D eigenvalue weighted by atomic mass is 10.4. The predicted molar refractivity (Wildman–Crippen MR) is 63.5 cm³/mol. The zero-order chi connectivity index (χ0) is 14.0. The lowest BCUT2D eigenvalue weighted by Crippen LogP contribution is -2.32. The Morgan fingerprint density at radius 3 is 2.47 bits per heavy atom. The summed E-state index contributed by atoms with van der Waals surface area (Å²) in [7, 11) is 0. The molecule has 1 aromatic rings. The van der Waals surface area contributed by atoms with Gasteiger partial charge in [0.1, 0.15) is 0 Å². The highest BCUT2D eigenvalue weighted by Gasteiger charge is 2.32. The quantitative estimate of drug-likeness (QED) is 0.740. The van der Waals surface area contributed by atoms with Crippen LogP contribution in [0.15, 0.2) is 6.07 Å². The molecule has 1 aliphatic heterocycles. The zero-order valence-electron chi connectivity index (χ0n) is 10.9. The number of imide groups is 1. The summed E-state index contributed by atoms with van der Waals surface area (Å²) in [4.78, 5) is 38.9. The molecule has 19 heavy (non-hydrogen) atoms. The first kappa shape index (κ1) is 13.3. The van der Waals surface area contributed by atoms with E-state index in [1.165, 1.54) is 0 Å². The van der Waals surface area contributed by atoms with E-state index in [1.54, 1.807) is 4.68 Å². The van der Waals surface area contributed by atoms with Gasteiger partial charge in [-0.05, 0) is 19.9 Å². The molecule has 2 amide bonds. The molecule has 1 saturated heterocycles. The van der Waals surface area contributed by atoms with Crippen molar-refractivity contribution in [1.29, 1.82) is 0 Å². The minimum atomic E-state index is -0.615. The largest absolute Gasteiger partial charge is 0.335 e. The number of hydrogen-bond donors (Lipinski definition) is 0. The van der Waals surface area contributed by atoms with E-state index in [2.05, 4.69) is 5.10 Å². The van der Waals surface area contributed by atoms with Crippen molar-refractivity contribution in [3.05, 3.63) is 17.5 Å². The minimum Gasteiger partial charge on any atom is -0.330 e. The van der Waals surface area contributed by atoms with E-state index < -0.39 is 17.8 Å². The number of hydrogen-bond acceptors (Lipinski definition) is 5. The van der Waals surface area contributed by atoms with Crippen molar-refractivity contribution in [2.45, 2.75) is 39.7 Å². The van der Waals surface area contributed by atoms with Crippen LogP contribution in [0.2, 0.25) is 0 Å². The second kappa shape index (κ2) is 5.21. The molecule has 1 fully saturated rings. The smallest absolute Gasteiger partial charge is 0.330 e. The number of carbonyl (C=O) groups excluding carboxylic acids is 3. The summed E-state index contributed by atoms with van der Waals surface area (Å²) in [5, 5.41) is 4.76. The third-order valence-corrected chi connectivity index (χ3v) is 2.83. The molecule has 7 nitrogen and oxygen atoms in total. The number of aromatic nitrogens is 2. The Labute approximate surface area is 110 Å². The number of carbonyl (C=O) groups is 3. The summed E-state index contributed by atoms with van der Waals surface area (Å²) in [6, 6.07) is 1.90. The Kier molecular flexibility index (Phi) is 3.64. The molecule has 0 atom stereocenters. The molecule has 1 aromatic heterocycles. The monoisotopic (exact) mass is 265 g/mol. The number of hydroxylamine groups is 2. The van der Waals surface area contributed by atoms with Crippen LogP contribution in [0.1, 0.15) is 30.7 Å². The maximum absolute atomic E-state index is 11.6. The van der Waals surface area contributed by atoms with Gasteiger partial charge >= 0.3 is 5.97 Å². The highest BCUT2D eigenvalue weighted by molar-refractivity contribution is 6.01. The van der Waals surface area contributed by atoms with Gasteiger partial charge in [-0.25, -0.2) is 4.79 Å². The molecule has 1 aliphatic rings. The van der Waals surface area contributed by atoms with Gasteiger partial charge in [0, 0.05) is 18.5 Å². The highest BCUT2D eigenvalue weighted by atomic mass is 16.7. The summed E-state index contributed by atoms with van der Waals surface area (Å²) in [5.41, 5.74) is 1.81. The first-order valence-corrected chi connectivity index (χ1v) is 6.05. The first-order valence-electron chi connectivity index (χ1n) is 6.05. The fourth-order valence-electron chi connectivity index (χ4n) is 1.90. The number of amides is 2. The lowest BCUT2D eigenvalue weighted by Gasteiger charge is -2.12. The van der Waals surface area contributed by atoms with Gasteiger partial charge in [0.15, 0.2) is 0 Å². The standard InChI is InChI=1S/C12H15N3O4/c1-8-7-9(2)14(13-8)6-5-12(18)19-15-10(16)3-4-11(15)17/h7H,3-6H2,1-2H3. The third kappa shape index (κ3) is 2.98. The van der Waals surface area contributed by atoms with Crippen LogP contribution in [0.4, 0.5) is 0 Å². The Morgan fingerprint density at radius 1 is 1.32 bits per heavy atom. The van der Waals surface area contributed by atoms with Crippen molar-refractivity contribution in [1.82, 2.24) is 14.8 Å². The van der Waals surface area contributed by atoms with Gasteiger partial charge in [-0.2, -0.15) is 5.10 Å². The lowest BCUT2D eigenvalue weighted by molar-refractivity contribution is -0.197. The maximum Gasteiger partial charge on any atom is 0.335 e. The molecule has 0 aliphatic carbocycles. The topological polar surface area (TPSA) is 81.5 Å². The van der Waals surface area contributed by atoms with Crippen molar-refractivity contribution in [2.24, 2.45) is 0 Å². The molecule has 0 radical (unpaired) electrons. The number of aryl methyl sites for hydroxylation is 3. The Morgan fingerprint density at radius 2 is 1.95 bits per heavy atom. The van der Waals surface area contributed by atoms with Crippen molar-refractivity contribution in [3.63, 3.8) is 0 Å². The number of nitrogens with zero attached hydrogens (tertiary/aromatic N) is 3. The average Bonchev–Trinajstić information content (AvgIpc) is 2.83. The Hall–Kier alpha value is -2.18. The fraction of sp³-hybridized carbons (Fsp3) is 0.500. The molecular formula is C12H15N3O4. The molecular weight excluding hydrogens is 250 g/mol. The van der Waals surface area contributed by atoms with Gasteiger partial charge in [0.2, 0.25) is 0 Å². The third-order valence-electron chi connectivity index (χ3n) is 2.83. The predicted octanol–water partition coefficient (Wildman–Crippen LogP) is 0.497. The van der Waals surface area contributed by atoms with Crippen LogP contribution in [0.25, 0.3) is 0 Å². The summed E-state index contributed by atoms with van der Waals surface area (Å²) >= 11 is 0. The molecule has 0 saturated carbocycles. The van der Waals surface area contributed by atoms with Gasteiger partial charge in [-0.3, -0.25) is 14.3 Å². The van der Waals surface area contributed by atoms with E-state index >= 15 is 0 Å². The van der Waals surface area contributed by atoms with Crippen LogP contribution in [-0.2, 0) is 25.8 Å². The summed E-state index contributed by atoms with van der Waals surface area (Å²) in [6.45, 7) is 4.11. The normalized spacial score (nSPS) is 15.2. The van der Waals surface area contributed by atoms with E-state index in [-0.39, 0.29) is 19.3 Å². The second-order valence-electron chi connectivity index (χ2n) is 4.45.